The van der Waals surface area contributed by atoms with Crippen LogP contribution in [-0.4, -0.2) is 6.54 Å². The third-order valence-corrected chi connectivity index (χ3v) is 4.79. The molecule has 1 heterocycles. The molecule has 1 N–H and O–H groups in total. The van der Waals surface area contributed by atoms with Gasteiger partial charge in [-0.25, -0.2) is 0 Å². The number of furan rings is 1. The van der Waals surface area contributed by atoms with Crippen molar-refractivity contribution in [3.05, 3.63) is 24.2 Å². The molecule has 1 fully saturated rings. The molecule has 0 aromatic carbocycles. The summed E-state index contributed by atoms with van der Waals surface area (Å²) in [4.78, 5) is 0. The molecule has 0 spiro atoms. The zero-order chi connectivity index (χ0) is 13.9. The van der Waals surface area contributed by atoms with E-state index in [4.69, 9.17) is 4.42 Å². The normalized spacial score (nSPS) is 26.3. The molecule has 2 rings (SSSR count). The molecule has 1 unspecified atom stereocenters. The number of hydrogen-bond donors (Lipinski definition) is 1. The summed E-state index contributed by atoms with van der Waals surface area (Å²) in [5.74, 6) is 1.64. The van der Waals surface area contributed by atoms with Crippen molar-refractivity contribution in [3.8, 4) is 0 Å². The molecule has 1 atom stereocenters. The molecule has 0 saturated heterocycles. The van der Waals surface area contributed by atoms with Gasteiger partial charge in [-0.2, -0.15) is 0 Å². The van der Waals surface area contributed by atoms with E-state index in [0.717, 1.165) is 18.4 Å². The average Bonchev–Trinajstić information content (AvgIpc) is 2.89. The van der Waals surface area contributed by atoms with Crippen molar-refractivity contribution < 1.29 is 4.42 Å². The molecule has 0 bridgehead atoms. The third-order valence-electron chi connectivity index (χ3n) is 4.79. The Hall–Kier alpha value is -0.760. The second-order valence-corrected chi connectivity index (χ2v) is 7.07. The van der Waals surface area contributed by atoms with Crippen LogP contribution in [0.1, 0.15) is 65.0 Å². The van der Waals surface area contributed by atoms with Gasteiger partial charge < -0.3 is 9.73 Å². The lowest BCUT2D eigenvalue weighted by molar-refractivity contribution is 0.133. The smallest absolute Gasteiger partial charge is 0.0950 e. The molecule has 1 aromatic rings. The highest BCUT2D eigenvalue weighted by atomic mass is 16.3. The minimum atomic E-state index is 0.467. The van der Waals surface area contributed by atoms with Crippen molar-refractivity contribution in [2.45, 2.75) is 59.4 Å². The Balaban J connectivity index is 1.98. The van der Waals surface area contributed by atoms with Crippen molar-refractivity contribution in [2.75, 3.05) is 6.54 Å². The lowest BCUT2D eigenvalue weighted by atomic mass is 9.68. The molecule has 2 heteroatoms. The lowest BCUT2D eigenvalue weighted by Gasteiger charge is -2.39. The van der Waals surface area contributed by atoms with E-state index in [1.54, 1.807) is 6.26 Å². The number of hydrogen-bond acceptors (Lipinski definition) is 2. The van der Waals surface area contributed by atoms with Gasteiger partial charge in [-0.15, -0.1) is 0 Å². The number of rotatable bonds is 4. The Bertz CT molecular complexity index is 355. The van der Waals surface area contributed by atoms with Crippen LogP contribution in [-0.2, 0) is 0 Å². The largest absolute Gasteiger partial charge is 0.472 e. The van der Waals surface area contributed by atoms with Crippen LogP contribution < -0.4 is 5.32 Å². The van der Waals surface area contributed by atoms with Gasteiger partial charge in [0.2, 0.25) is 0 Å². The fourth-order valence-corrected chi connectivity index (χ4v) is 3.55. The molecular weight excluding hydrogens is 234 g/mol. The van der Waals surface area contributed by atoms with Crippen LogP contribution in [0.3, 0.4) is 0 Å². The van der Waals surface area contributed by atoms with Gasteiger partial charge >= 0.3 is 0 Å². The van der Waals surface area contributed by atoms with E-state index in [2.05, 4.69) is 39.1 Å². The summed E-state index contributed by atoms with van der Waals surface area (Å²) in [5.41, 5.74) is 1.79. The van der Waals surface area contributed by atoms with Crippen LogP contribution in [0.2, 0.25) is 0 Å². The van der Waals surface area contributed by atoms with E-state index in [-0.39, 0.29) is 0 Å². The Kier molecular flexibility index (Phi) is 4.72. The van der Waals surface area contributed by atoms with Crippen LogP contribution in [0.15, 0.2) is 23.0 Å². The lowest BCUT2D eigenvalue weighted by Crippen LogP contribution is -2.33. The van der Waals surface area contributed by atoms with E-state index in [0.29, 0.717) is 11.5 Å². The summed E-state index contributed by atoms with van der Waals surface area (Å²) in [6.07, 6.45) is 9.11. The molecule has 0 aliphatic heterocycles. The third kappa shape index (κ3) is 3.62. The van der Waals surface area contributed by atoms with Crippen LogP contribution in [0.25, 0.3) is 0 Å². The monoisotopic (exact) mass is 263 g/mol. The highest BCUT2D eigenvalue weighted by Gasteiger charge is 2.33. The SMILES string of the molecule is CCNC(c1ccoc1)C1CCC(C(C)(C)C)CC1. The molecule has 1 aromatic heterocycles. The minimum absolute atomic E-state index is 0.467. The Morgan fingerprint density at radius 3 is 2.42 bits per heavy atom. The maximum absolute atomic E-state index is 5.27. The van der Waals surface area contributed by atoms with Crippen molar-refractivity contribution in [1.82, 2.24) is 5.32 Å². The van der Waals surface area contributed by atoms with Crippen molar-refractivity contribution in [2.24, 2.45) is 17.3 Å². The van der Waals surface area contributed by atoms with Crippen LogP contribution in [0.5, 0.6) is 0 Å². The molecule has 2 nitrogen and oxygen atoms in total. The maximum Gasteiger partial charge on any atom is 0.0950 e. The van der Waals surface area contributed by atoms with E-state index in [1.807, 2.05) is 6.26 Å². The van der Waals surface area contributed by atoms with Gasteiger partial charge in [0, 0.05) is 11.6 Å². The van der Waals surface area contributed by atoms with Crippen LogP contribution in [0.4, 0.5) is 0 Å². The average molecular weight is 263 g/mol. The standard InChI is InChI=1S/C17H29NO/c1-5-18-16(14-10-11-19-12-14)13-6-8-15(9-7-13)17(2,3)4/h10-13,15-16,18H,5-9H2,1-4H3. The predicted molar refractivity (Wildman–Crippen MR) is 80.0 cm³/mol. The van der Waals surface area contributed by atoms with Crippen molar-refractivity contribution in [1.29, 1.82) is 0 Å². The van der Waals surface area contributed by atoms with Crippen molar-refractivity contribution in [3.63, 3.8) is 0 Å². The Labute approximate surface area is 118 Å². The fourth-order valence-electron chi connectivity index (χ4n) is 3.55. The summed E-state index contributed by atoms with van der Waals surface area (Å²) < 4.78 is 5.27. The zero-order valence-corrected chi connectivity index (χ0v) is 12.9. The quantitative estimate of drug-likeness (QED) is 0.845. The van der Waals surface area contributed by atoms with Gasteiger partial charge in [0.1, 0.15) is 0 Å². The van der Waals surface area contributed by atoms with E-state index in [9.17, 15) is 0 Å². The molecule has 1 saturated carbocycles. The second-order valence-electron chi connectivity index (χ2n) is 7.07. The summed E-state index contributed by atoms with van der Waals surface area (Å²) in [5, 5.41) is 3.65. The summed E-state index contributed by atoms with van der Waals surface area (Å²) >= 11 is 0. The molecule has 108 valence electrons. The molecular formula is C17H29NO. The topological polar surface area (TPSA) is 25.2 Å². The number of nitrogens with one attached hydrogen (secondary N) is 1. The van der Waals surface area contributed by atoms with Gasteiger partial charge in [-0.3, -0.25) is 0 Å². The first-order valence-corrected chi connectivity index (χ1v) is 7.78. The molecule has 0 amide bonds. The highest BCUT2D eigenvalue weighted by molar-refractivity contribution is 5.13. The van der Waals surface area contributed by atoms with E-state index < -0.39 is 0 Å². The first-order chi connectivity index (χ1) is 9.02. The first-order valence-electron chi connectivity index (χ1n) is 7.78. The molecule has 1 aliphatic rings. The van der Waals surface area contributed by atoms with E-state index >= 15 is 0 Å². The van der Waals surface area contributed by atoms with Gasteiger partial charge in [-0.05, 0) is 55.5 Å². The molecule has 0 radical (unpaired) electrons. The molecule has 19 heavy (non-hydrogen) atoms. The maximum atomic E-state index is 5.27. The van der Waals surface area contributed by atoms with Gasteiger partial charge in [0.25, 0.3) is 0 Å². The Morgan fingerprint density at radius 1 is 1.26 bits per heavy atom. The first kappa shape index (κ1) is 14.6. The van der Waals surface area contributed by atoms with Crippen LogP contribution >= 0.6 is 0 Å². The second kappa shape index (κ2) is 6.13. The van der Waals surface area contributed by atoms with Crippen molar-refractivity contribution >= 4 is 0 Å². The van der Waals surface area contributed by atoms with Gasteiger partial charge in [-0.1, -0.05) is 27.7 Å². The zero-order valence-electron chi connectivity index (χ0n) is 12.9. The molecule has 1 aliphatic carbocycles. The van der Waals surface area contributed by atoms with Crippen LogP contribution in [0, 0.1) is 17.3 Å². The van der Waals surface area contributed by atoms with Gasteiger partial charge in [0.15, 0.2) is 0 Å². The van der Waals surface area contributed by atoms with E-state index in [1.165, 1.54) is 31.2 Å². The fraction of sp³-hybridized carbons (Fsp3) is 0.765. The Morgan fingerprint density at radius 2 is 1.95 bits per heavy atom. The minimum Gasteiger partial charge on any atom is -0.472 e. The summed E-state index contributed by atoms with van der Waals surface area (Å²) in [6, 6.07) is 2.59. The van der Waals surface area contributed by atoms with Gasteiger partial charge in [0.05, 0.1) is 12.5 Å². The highest BCUT2D eigenvalue weighted by Crippen LogP contribution is 2.43. The summed E-state index contributed by atoms with van der Waals surface area (Å²) in [7, 11) is 0. The summed E-state index contributed by atoms with van der Waals surface area (Å²) in [6.45, 7) is 10.4. The predicted octanol–water partition coefficient (Wildman–Crippen LogP) is 4.78.